The van der Waals surface area contributed by atoms with Gasteiger partial charge in [-0.05, 0) is 50.3 Å². The van der Waals surface area contributed by atoms with Crippen LogP contribution in [0.2, 0.25) is 0 Å². The molecular formula is C21H19FN2O5. The van der Waals surface area contributed by atoms with Gasteiger partial charge in [0.05, 0.1) is 18.9 Å². The summed E-state index contributed by atoms with van der Waals surface area (Å²) in [5, 5.41) is 2.13. The Morgan fingerprint density at radius 2 is 1.76 bits per heavy atom. The molecule has 150 valence electrons. The number of methoxy groups -OCH3 is 1. The number of hydrogen-bond donors (Lipinski definition) is 1. The van der Waals surface area contributed by atoms with E-state index in [1.807, 2.05) is 13.8 Å². The maximum absolute atomic E-state index is 13.2. The summed E-state index contributed by atoms with van der Waals surface area (Å²) in [6.07, 6.45) is 1.15. The van der Waals surface area contributed by atoms with Crippen molar-refractivity contribution in [3.8, 4) is 11.5 Å². The fraction of sp³-hybridized carbons (Fsp3) is 0.190. The topological polar surface area (TPSA) is 84.9 Å². The summed E-state index contributed by atoms with van der Waals surface area (Å²) in [6.45, 7) is 3.66. The molecule has 4 amide bonds. The minimum absolute atomic E-state index is 0.136. The maximum atomic E-state index is 13.2. The minimum atomic E-state index is -0.909. The molecule has 1 N–H and O–H groups in total. The molecule has 0 unspecified atom stereocenters. The highest BCUT2D eigenvalue weighted by atomic mass is 19.1. The van der Waals surface area contributed by atoms with Crippen molar-refractivity contribution in [2.45, 2.75) is 20.0 Å². The summed E-state index contributed by atoms with van der Waals surface area (Å²) >= 11 is 0. The summed E-state index contributed by atoms with van der Waals surface area (Å²) in [5.41, 5.74) is 0.303. The van der Waals surface area contributed by atoms with Crippen LogP contribution in [0.1, 0.15) is 19.4 Å². The van der Waals surface area contributed by atoms with Gasteiger partial charge in [-0.15, -0.1) is 0 Å². The van der Waals surface area contributed by atoms with E-state index < -0.39 is 23.7 Å². The highest BCUT2D eigenvalue weighted by molar-refractivity contribution is 6.39. The molecule has 29 heavy (non-hydrogen) atoms. The van der Waals surface area contributed by atoms with Crippen LogP contribution in [0.3, 0.4) is 0 Å². The molecule has 8 heteroatoms. The Morgan fingerprint density at radius 3 is 2.38 bits per heavy atom. The number of benzene rings is 2. The second-order valence-electron chi connectivity index (χ2n) is 6.48. The Hall–Kier alpha value is -3.68. The third-order valence-electron chi connectivity index (χ3n) is 4.07. The molecule has 2 aromatic carbocycles. The Kier molecular flexibility index (Phi) is 5.63. The molecular weight excluding hydrogens is 379 g/mol. The van der Waals surface area contributed by atoms with Crippen LogP contribution in [-0.2, 0) is 9.59 Å². The van der Waals surface area contributed by atoms with E-state index in [1.54, 1.807) is 18.2 Å². The van der Waals surface area contributed by atoms with Gasteiger partial charge < -0.3 is 9.47 Å². The van der Waals surface area contributed by atoms with E-state index in [1.165, 1.54) is 25.3 Å². The average Bonchev–Trinajstić information content (AvgIpc) is 2.67. The maximum Gasteiger partial charge on any atom is 0.335 e. The van der Waals surface area contributed by atoms with E-state index >= 15 is 0 Å². The van der Waals surface area contributed by atoms with Crippen molar-refractivity contribution >= 4 is 29.6 Å². The van der Waals surface area contributed by atoms with Gasteiger partial charge in [0.15, 0.2) is 11.5 Å². The zero-order chi connectivity index (χ0) is 21.1. The van der Waals surface area contributed by atoms with Crippen LogP contribution < -0.4 is 19.7 Å². The quantitative estimate of drug-likeness (QED) is 0.617. The van der Waals surface area contributed by atoms with E-state index in [2.05, 4.69) is 5.32 Å². The monoisotopic (exact) mass is 398 g/mol. The van der Waals surface area contributed by atoms with Crippen LogP contribution in [0.4, 0.5) is 14.9 Å². The number of amides is 4. The zero-order valence-electron chi connectivity index (χ0n) is 16.1. The summed E-state index contributed by atoms with van der Waals surface area (Å²) in [4.78, 5) is 38.3. The second-order valence-corrected chi connectivity index (χ2v) is 6.48. The highest BCUT2D eigenvalue weighted by Crippen LogP contribution is 2.34. The Bertz CT molecular complexity index is 999. The van der Waals surface area contributed by atoms with E-state index in [-0.39, 0.29) is 17.4 Å². The van der Waals surface area contributed by atoms with E-state index in [0.717, 1.165) is 17.0 Å². The standard InChI is InChI=1S/C21H19FN2O5/c1-12(2)29-18-13(5-4-6-17(18)28-3)11-16-19(25)23-21(27)24(20(16)26)15-9-7-14(22)8-10-15/h4-12H,1-3H3,(H,23,25,27). The Labute approximate surface area is 166 Å². The summed E-state index contributed by atoms with van der Waals surface area (Å²) in [5.74, 6) is -1.39. The SMILES string of the molecule is COc1cccc(C=C2C(=O)NC(=O)N(c3ccc(F)cc3)C2=O)c1OC(C)C. The van der Waals surface area contributed by atoms with Gasteiger partial charge in [0.1, 0.15) is 11.4 Å². The first-order chi connectivity index (χ1) is 13.8. The molecule has 7 nitrogen and oxygen atoms in total. The number of urea groups is 1. The van der Waals surface area contributed by atoms with Crippen LogP contribution in [0, 0.1) is 5.82 Å². The molecule has 3 rings (SSSR count). The molecule has 0 atom stereocenters. The number of halogens is 1. The summed E-state index contributed by atoms with van der Waals surface area (Å²) in [6, 6.07) is 8.92. The number of barbiturate groups is 1. The van der Waals surface area contributed by atoms with Crippen LogP contribution in [0.5, 0.6) is 11.5 Å². The average molecular weight is 398 g/mol. The van der Waals surface area contributed by atoms with Gasteiger partial charge in [0, 0.05) is 5.56 Å². The number of anilines is 1. The smallest absolute Gasteiger partial charge is 0.335 e. The number of hydrogen-bond acceptors (Lipinski definition) is 5. The van der Waals surface area contributed by atoms with Crippen molar-refractivity contribution in [1.29, 1.82) is 0 Å². The van der Waals surface area contributed by atoms with Gasteiger partial charge >= 0.3 is 6.03 Å². The van der Waals surface area contributed by atoms with Crippen molar-refractivity contribution in [2.75, 3.05) is 12.0 Å². The van der Waals surface area contributed by atoms with Gasteiger partial charge in [-0.25, -0.2) is 14.1 Å². The van der Waals surface area contributed by atoms with Crippen molar-refractivity contribution in [1.82, 2.24) is 5.32 Å². The fourth-order valence-corrected chi connectivity index (χ4v) is 2.81. The number of rotatable bonds is 5. The van der Waals surface area contributed by atoms with Crippen molar-refractivity contribution in [2.24, 2.45) is 0 Å². The number of ether oxygens (including phenoxy) is 2. The number of nitrogens with zero attached hydrogens (tertiary/aromatic N) is 1. The molecule has 0 aliphatic carbocycles. The second kappa shape index (κ2) is 8.14. The zero-order valence-corrected chi connectivity index (χ0v) is 16.1. The normalized spacial score (nSPS) is 15.7. The molecule has 0 radical (unpaired) electrons. The minimum Gasteiger partial charge on any atom is -0.493 e. The molecule has 0 bridgehead atoms. The third-order valence-corrected chi connectivity index (χ3v) is 4.07. The number of carbonyl (C=O) groups excluding carboxylic acids is 3. The Morgan fingerprint density at radius 1 is 1.07 bits per heavy atom. The summed E-state index contributed by atoms with van der Waals surface area (Å²) in [7, 11) is 1.48. The van der Waals surface area contributed by atoms with Gasteiger partial charge in [-0.3, -0.25) is 14.9 Å². The lowest BCUT2D eigenvalue weighted by molar-refractivity contribution is -0.122. The predicted molar refractivity (Wildman–Crippen MR) is 104 cm³/mol. The van der Waals surface area contributed by atoms with Gasteiger partial charge in [-0.1, -0.05) is 12.1 Å². The molecule has 1 fully saturated rings. The summed E-state index contributed by atoms with van der Waals surface area (Å²) < 4.78 is 24.3. The molecule has 0 saturated carbocycles. The van der Waals surface area contributed by atoms with Crippen LogP contribution in [-0.4, -0.2) is 31.1 Å². The predicted octanol–water partition coefficient (Wildman–Crippen LogP) is 3.29. The Balaban J connectivity index is 2.06. The van der Waals surface area contributed by atoms with Crippen molar-refractivity contribution < 1.29 is 28.2 Å². The molecule has 1 aliphatic heterocycles. The first-order valence-corrected chi connectivity index (χ1v) is 8.82. The van der Waals surface area contributed by atoms with E-state index in [9.17, 15) is 18.8 Å². The van der Waals surface area contributed by atoms with E-state index in [0.29, 0.717) is 17.1 Å². The lowest BCUT2D eigenvalue weighted by Gasteiger charge is -2.26. The highest BCUT2D eigenvalue weighted by Gasteiger charge is 2.37. The molecule has 1 heterocycles. The third kappa shape index (κ3) is 4.11. The number of carbonyl (C=O) groups is 3. The van der Waals surface area contributed by atoms with Crippen molar-refractivity contribution in [3.05, 3.63) is 59.4 Å². The molecule has 1 aliphatic rings. The lowest BCUT2D eigenvalue weighted by Crippen LogP contribution is -2.54. The van der Waals surface area contributed by atoms with E-state index in [4.69, 9.17) is 9.47 Å². The van der Waals surface area contributed by atoms with Crippen molar-refractivity contribution in [3.63, 3.8) is 0 Å². The lowest BCUT2D eigenvalue weighted by atomic mass is 10.1. The van der Waals surface area contributed by atoms with Crippen LogP contribution in [0.15, 0.2) is 48.0 Å². The number of imide groups is 2. The van der Waals surface area contributed by atoms with Crippen LogP contribution >= 0.6 is 0 Å². The largest absolute Gasteiger partial charge is 0.493 e. The number of nitrogens with one attached hydrogen (secondary N) is 1. The number of para-hydroxylation sites is 1. The molecule has 1 saturated heterocycles. The first-order valence-electron chi connectivity index (χ1n) is 8.82. The van der Waals surface area contributed by atoms with Gasteiger partial charge in [0.2, 0.25) is 0 Å². The van der Waals surface area contributed by atoms with Gasteiger partial charge in [0.25, 0.3) is 11.8 Å². The molecule has 0 spiro atoms. The fourth-order valence-electron chi connectivity index (χ4n) is 2.81. The van der Waals surface area contributed by atoms with Crippen LogP contribution in [0.25, 0.3) is 6.08 Å². The molecule has 2 aromatic rings. The first kappa shape index (κ1) is 20.1. The van der Waals surface area contributed by atoms with Gasteiger partial charge in [-0.2, -0.15) is 0 Å². The molecule has 0 aromatic heterocycles.